The average molecular weight is 322 g/mol. The summed E-state index contributed by atoms with van der Waals surface area (Å²) in [6.45, 7) is 0.754. The van der Waals surface area contributed by atoms with Crippen molar-refractivity contribution in [3.63, 3.8) is 0 Å². The maximum absolute atomic E-state index is 12.5. The van der Waals surface area contributed by atoms with Gasteiger partial charge in [-0.1, -0.05) is 6.92 Å². The number of Topliss-reactive ketones (excluding diaryl/α,β-unsaturated/α-hetero) is 1. The number of hydrogen-bond acceptors (Lipinski definition) is 6. The van der Waals surface area contributed by atoms with Gasteiger partial charge in [0.25, 0.3) is 0 Å². The summed E-state index contributed by atoms with van der Waals surface area (Å²) in [6, 6.07) is 0. The van der Waals surface area contributed by atoms with Gasteiger partial charge in [0.15, 0.2) is 23.6 Å². The molecule has 0 aliphatic carbocycles. The van der Waals surface area contributed by atoms with Crippen molar-refractivity contribution < 1.29 is 42.8 Å². The fraction of sp³-hybridized carbons (Fsp3) is 0.385. The highest BCUT2D eigenvalue weighted by Crippen LogP contribution is 2.47. The summed E-state index contributed by atoms with van der Waals surface area (Å²) in [5.74, 6) is -7.04. The number of rotatable bonds is 5. The second kappa shape index (κ2) is 6.12. The molecule has 9 heteroatoms. The molecule has 1 atom stereocenters. The van der Waals surface area contributed by atoms with Gasteiger partial charge in [-0.25, -0.2) is 0 Å². The Morgan fingerprint density at radius 3 is 2.18 bits per heavy atom. The normalized spacial score (nSPS) is 12.8. The molecule has 1 aromatic carbocycles. The molecule has 0 aliphatic rings. The van der Waals surface area contributed by atoms with E-state index in [-0.39, 0.29) is 6.29 Å². The fourth-order valence-corrected chi connectivity index (χ4v) is 1.77. The van der Waals surface area contributed by atoms with E-state index in [0.717, 1.165) is 14.0 Å². The molecule has 1 unspecified atom stereocenters. The molecule has 0 bridgehead atoms. The van der Waals surface area contributed by atoms with Gasteiger partial charge in [0.1, 0.15) is 16.9 Å². The lowest BCUT2D eigenvalue weighted by molar-refractivity contribution is -0.168. The van der Waals surface area contributed by atoms with Crippen LogP contribution in [0.2, 0.25) is 0 Å². The summed E-state index contributed by atoms with van der Waals surface area (Å²) in [4.78, 5) is 22.8. The van der Waals surface area contributed by atoms with Crippen molar-refractivity contribution in [2.24, 2.45) is 5.92 Å². The predicted octanol–water partition coefficient (Wildman–Crippen LogP) is 2.40. The fourth-order valence-electron chi connectivity index (χ4n) is 1.77. The molecule has 0 saturated carbocycles. The van der Waals surface area contributed by atoms with Crippen LogP contribution in [0.25, 0.3) is 0 Å². The molecule has 22 heavy (non-hydrogen) atoms. The maximum atomic E-state index is 12.5. The number of phenols is 3. The van der Waals surface area contributed by atoms with Gasteiger partial charge in [-0.3, -0.25) is 9.59 Å². The Labute approximate surface area is 122 Å². The van der Waals surface area contributed by atoms with Crippen LogP contribution >= 0.6 is 0 Å². The zero-order chi connectivity index (χ0) is 17.2. The number of halogens is 3. The number of aldehydes is 1. The highest BCUT2D eigenvalue weighted by atomic mass is 19.4. The Hall–Kier alpha value is -2.45. The van der Waals surface area contributed by atoms with E-state index in [0.29, 0.717) is 0 Å². The summed E-state index contributed by atoms with van der Waals surface area (Å²) < 4.78 is 42.0. The Morgan fingerprint density at radius 1 is 1.23 bits per heavy atom. The van der Waals surface area contributed by atoms with Crippen LogP contribution in [0.3, 0.4) is 0 Å². The van der Waals surface area contributed by atoms with E-state index >= 15 is 0 Å². The summed E-state index contributed by atoms with van der Waals surface area (Å²) in [5.41, 5.74) is -1.68. The van der Waals surface area contributed by atoms with E-state index in [2.05, 4.69) is 4.74 Å². The quantitative estimate of drug-likeness (QED) is 0.568. The van der Waals surface area contributed by atoms with E-state index < -0.39 is 58.4 Å². The molecule has 0 radical (unpaired) electrons. The molecule has 122 valence electrons. The number of benzene rings is 1. The van der Waals surface area contributed by atoms with Gasteiger partial charge < -0.3 is 20.1 Å². The molecule has 0 spiro atoms. The molecular weight excluding hydrogens is 309 g/mol. The number of hydrogen-bond donors (Lipinski definition) is 3. The summed E-state index contributed by atoms with van der Waals surface area (Å²) >= 11 is 0. The number of carbonyl (C=O) groups excluding carboxylic acids is 2. The SMILES string of the molecule is COc1c(O)c(C=O)c(O)c(C(=O)CC(C)C(F)(F)F)c1O. The molecule has 0 amide bonds. The third-order valence-corrected chi connectivity index (χ3v) is 3.07. The third kappa shape index (κ3) is 3.07. The van der Waals surface area contributed by atoms with Gasteiger partial charge >= 0.3 is 6.18 Å². The topological polar surface area (TPSA) is 104 Å². The molecule has 6 nitrogen and oxygen atoms in total. The smallest absolute Gasteiger partial charge is 0.391 e. The largest absolute Gasteiger partial charge is 0.506 e. The number of carbonyl (C=O) groups is 2. The molecule has 0 aliphatic heterocycles. The van der Waals surface area contributed by atoms with Crippen molar-refractivity contribution in [2.75, 3.05) is 7.11 Å². The van der Waals surface area contributed by atoms with Crippen LogP contribution in [0.5, 0.6) is 23.0 Å². The van der Waals surface area contributed by atoms with Crippen molar-refractivity contribution in [1.29, 1.82) is 0 Å². The molecule has 0 aromatic heterocycles. The number of alkyl halides is 3. The van der Waals surface area contributed by atoms with Gasteiger partial charge in [-0.2, -0.15) is 13.2 Å². The van der Waals surface area contributed by atoms with E-state index in [1.807, 2.05) is 0 Å². The Morgan fingerprint density at radius 2 is 1.77 bits per heavy atom. The van der Waals surface area contributed by atoms with Gasteiger partial charge in [0.05, 0.1) is 13.0 Å². The summed E-state index contributed by atoms with van der Waals surface area (Å²) in [5, 5.41) is 29.1. The van der Waals surface area contributed by atoms with Crippen LogP contribution in [0.15, 0.2) is 0 Å². The van der Waals surface area contributed by atoms with Crippen molar-refractivity contribution in [1.82, 2.24) is 0 Å². The first-order valence-electron chi connectivity index (χ1n) is 5.96. The number of phenolic OH excluding ortho intramolecular Hbond substituents is 3. The lowest BCUT2D eigenvalue weighted by atomic mass is 9.95. The Bertz CT molecular complexity index is 609. The second-order valence-electron chi connectivity index (χ2n) is 4.56. The Kier molecular flexibility index (Phi) is 4.90. The average Bonchev–Trinajstić information content (AvgIpc) is 2.38. The number of aromatic hydroxyl groups is 3. The molecule has 3 N–H and O–H groups in total. The van der Waals surface area contributed by atoms with Crippen molar-refractivity contribution in [3.05, 3.63) is 11.1 Å². The molecule has 1 aromatic rings. The minimum absolute atomic E-state index is 0.0173. The molecular formula is C13H13F3O6. The first-order valence-corrected chi connectivity index (χ1v) is 5.96. The standard InChI is InChI=1S/C13H13F3O6/c1-5(13(14,15)16)3-7(18)8-9(19)6(4-17)10(20)12(22-2)11(8)21/h4-5,19-21H,3H2,1-2H3. The third-order valence-electron chi connectivity index (χ3n) is 3.07. The number of ketones is 1. The highest BCUT2D eigenvalue weighted by molar-refractivity contribution is 6.05. The molecule has 0 fully saturated rings. The lowest BCUT2D eigenvalue weighted by Gasteiger charge is -2.17. The minimum atomic E-state index is -4.64. The van der Waals surface area contributed by atoms with Crippen LogP contribution < -0.4 is 4.74 Å². The van der Waals surface area contributed by atoms with Crippen LogP contribution in [0.4, 0.5) is 13.2 Å². The van der Waals surface area contributed by atoms with Gasteiger partial charge in [-0.15, -0.1) is 0 Å². The van der Waals surface area contributed by atoms with Crippen LogP contribution in [-0.4, -0.2) is 40.7 Å². The van der Waals surface area contributed by atoms with Crippen molar-refractivity contribution in [2.45, 2.75) is 19.5 Å². The number of methoxy groups -OCH3 is 1. The van der Waals surface area contributed by atoms with E-state index in [1.165, 1.54) is 0 Å². The van der Waals surface area contributed by atoms with E-state index in [9.17, 15) is 38.1 Å². The van der Waals surface area contributed by atoms with E-state index in [1.54, 1.807) is 0 Å². The van der Waals surface area contributed by atoms with Crippen molar-refractivity contribution >= 4 is 12.1 Å². The van der Waals surface area contributed by atoms with Gasteiger partial charge in [-0.05, 0) is 0 Å². The van der Waals surface area contributed by atoms with Crippen molar-refractivity contribution in [3.8, 4) is 23.0 Å². The zero-order valence-corrected chi connectivity index (χ0v) is 11.6. The predicted molar refractivity (Wildman–Crippen MR) is 67.5 cm³/mol. The maximum Gasteiger partial charge on any atom is 0.391 e. The van der Waals surface area contributed by atoms with E-state index in [4.69, 9.17) is 0 Å². The molecule has 0 heterocycles. The highest BCUT2D eigenvalue weighted by Gasteiger charge is 2.39. The second-order valence-corrected chi connectivity index (χ2v) is 4.56. The van der Waals surface area contributed by atoms with Crippen LogP contribution in [0, 0.1) is 5.92 Å². The summed E-state index contributed by atoms with van der Waals surface area (Å²) in [6.07, 6.45) is -5.72. The summed E-state index contributed by atoms with van der Waals surface area (Å²) in [7, 11) is 0.993. The first kappa shape index (κ1) is 17.6. The lowest BCUT2D eigenvalue weighted by Crippen LogP contribution is -2.23. The minimum Gasteiger partial charge on any atom is -0.506 e. The zero-order valence-electron chi connectivity index (χ0n) is 11.6. The Balaban J connectivity index is 3.41. The van der Waals surface area contributed by atoms with Gasteiger partial charge in [0.2, 0.25) is 5.75 Å². The number of ether oxygens (including phenoxy) is 1. The first-order chi connectivity index (χ1) is 10.1. The van der Waals surface area contributed by atoms with Crippen LogP contribution in [-0.2, 0) is 0 Å². The molecule has 1 rings (SSSR count). The molecule has 0 saturated heterocycles. The van der Waals surface area contributed by atoms with Crippen LogP contribution in [0.1, 0.15) is 34.1 Å². The monoisotopic (exact) mass is 322 g/mol. The van der Waals surface area contributed by atoms with Gasteiger partial charge in [0, 0.05) is 6.42 Å².